The molecule has 0 fully saturated rings. The summed E-state index contributed by atoms with van der Waals surface area (Å²) in [5, 5.41) is 0. The SMILES string of the molecule is COC1CC(c2cc(C)sc2C)=C(c2cc(C)sc2C)C1=O. The van der Waals surface area contributed by atoms with E-state index < -0.39 is 0 Å². The van der Waals surface area contributed by atoms with E-state index in [1.165, 1.54) is 25.1 Å². The van der Waals surface area contributed by atoms with Crippen molar-refractivity contribution in [2.75, 3.05) is 7.11 Å². The first-order chi connectivity index (χ1) is 10.4. The zero-order valence-electron chi connectivity index (χ0n) is 13.6. The Bertz CT molecular complexity index is 777. The molecule has 2 nitrogen and oxygen atoms in total. The number of rotatable bonds is 3. The molecule has 2 aromatic rings. The Morgan fingerprint density at radius 2 is 1.55 bits per heavy atom. The molecule has 2 aromatic heterocycles. The summed E-state index contributed by atoms with van der Waals surface area (Å²) in [6.07, 6.45) is 0.333. The smallest absolute Gasteiger partial charge is 0.192 e. The van der Waals surface area contributed by atoms with Gasteiger partial charge in [-0.25, -0.2) is 0 Å². The fraction of sp³-hybridized carbons (Fsp3) is 0.389. The number of thiophene rings is 2. The van der Waals surface area contributed by atoms with Crippen molar-refractivity contribution in [3.05, 3.63) is 42.8 Å². The molecule has 0 amide bonds. The molecule has 0 spiro atoms. The lowest BCUT2D eigenvalue weighted by atomic mass is 9.97. The molecule has 0 aromatic carbocycles. The maximum absolute atomic E-state index is 12.8. The van der Waals surface area contributed by atoms with Gasteiger partial charge in [0.25, 0.3) is 0 Å². The molecule has 1 atom stereocenters. The average molecular weight is 332 g/mol. The quantitative estimate of drug-likeness (QED) is 0.795. The van der Waals surface area contributed by atoms with Gasteiger partial charge in [0.15, 0.2) is 5.78 Å². The van der Waals surface area contributed by atoms with Crippen LogP contribution < -0.4 is 0 Å². The zero-order valence-corrected chi connectivity index (χ0v) is 15.2. The van der Waals surface area contributed by atoms with Gasteiger partial charge in [0.2, 0.25) is 0 Å². The van der Waals surface area contributed by atoms with Gasteiger partial charge in [0.1, 0.15) is 6.10 Å². The van der Waals surface area contributed by atoms with E-state index in [4.69, 9.17) is 4.74 Å². The van der Waals surface area contributed by atoms with Crippen molar-refractivity contribution in [2.45, 2.75) is 40.2 Å². The average Bonchev–Trinajstić information content (AvgIpc) is 3.05. The predicted octanol–water partition coefficient (Wildman–Crippen LogP) is 4.94. The number of Topliss-reactive ketones (excluding diaryl/α,β-unsaturated/α-hetero) is 1. The molecule has 1 aliphatic rings. The van der Waals surface area contributed by atoms with Gasteiger partial charge >= 0.3 is 0 Å². The van der Waals surface area contributed by atoms with Crippen LogP contribution in [0.3, 0.4) is 0 Å². The number of aryl methyl sites for hydroxylation is 4. The van der Waals surface area contributed by atoms with Gasteiger partial charge in [-0.1, -0.05) is 0 Å². The second-order valence-electron chi connectivity index (χ2n) is 5.80. The van der Waals surface area contributed by atoms with E-state index in [9.17, 15) is 4.79 Å². The fourth-order valence-electron chi connectivity index (χ4n) is 3.23. The van der Waals surface area contributed by atoms with Crippen molar-refractivity contribution in [1.82, 2.24) is 0 Å². The summed E-state index contributed by atoms with van der Waals surface area (Å²) in [6.45, 7) is 8.44. The van der Waals surface area contributed by atoms with E-state index in [0.717, 1.165) is 16.7 Å². The highest BCUT2D eigenvalue weighted by atomic mass is 32.1. The van der Waals surface area contributed by atoms with Gasteiger partial charge in [-0.3, -0.25) is 4.79 Å². The van der Waals surface area contributed by atoms with E-state index >= 15 is 0 Å². The Balaban J connectivity index is 2.22. The fourth-order valence-corrected chi connectivity index (χ4v) is 5.11. The lowest BCUT2D eigenvalue weighted by Gasteiger charge is -2.06. The van der Waals surface area contributed by atoms with Crippen LogP contribution in [0.4, 0.5) is 0 Å². The third-order valence-electron chi connectivity index (χ3n) is 4.19. The molecular formula is C18H20O2S2. The molecule has 1 aliphatic carbocycles. The number of hydrogen-bond donors (Lipinski definition) is 0. The van der Waals surface area contributed by atoms with Crippen molar-refractivity contribution in [3.8, 4) is 0 Å². The van der Waals surface area contributed by atoms with E-state index in [1.807, 2.05) is 0 Å². The molecule has 0 bridgehead atoms. The molecule has 0 saturated heterocycles. The van der Waals surface area contributed by atoms with Crippen molar-refractivity contribution < 1.29 is 9.53 Å². The van der Waals surface area contributed by atoms with Gasteiger partial charge in [-0.05, 0) is 56.5 Å². The first kappa shape index (κ1) is 15.7. The molecule has 116 valence electrons. The third-order valence-corrected chi connectivity index (χ3v) is 6.12. The minimum Gasteiger partial charge on any atom is -0.373 e. The largest absolute Gasteiger partial charge is 0.373 e. The molecule has 4 heteroatoms. The molecular weight excluding hydrogens is 312 g/mol. The second kappa shape index (κ2) is 5.76. The van der Waals surface area contributed by atoms with E-state index in [1.54, 1.807) is 29.8 Å². The van der Waals surface area contributed by atoms with Crippen LogP contribution in [-0.2, 0) is 9.53 Å². The van der Waals surface area contributed by atoms with Crippen LogP contribution in [0.5, 0.6) is 0 Å². The Morgan fingerprint density at radius 1 is 1.00 bits per heavy atom. The Hall–Kier alpha value is -1.23. The first-order valence-electron chi connectivity index (χ1n) is 7.37. The van der Waals surface area contributed by atoms with Crippen LogP contribution in [-0.4, -0.2) is 19.0 Å². The number of ether oxygens (including phenoxy) is 1. The number of ketones is 1. The van der Waals surface area contributed by atoms with Gasteiger partial charge in [-0.2, -0.15) is 0 Å². The van der Waals surface area contributed by atoms with Crippen LogP contribution in [0.25, 0.3) is 11.1 Å². The van der Waals surface area contributed by atoms with Crippen molar-refractivity contribution in [1.29, 1.82) is 0 Å². The van der Waals surface area contributed by atoms with Gasteiger partial charge in [-0.15, -0.1) is 22.7 Å². The summed E-state index contributed by atoms with van der Waals surface area (Å²) in [4.78, 5) is 17.8. The summed E-state index contributed by atoms with van der Waals surface area (Å²) < 4.78 is 5.44. The maximum atomic E-state index is 12.8. The molecule has 0 radical (unpaired) electrons. The monoisotopic (exact) mass is 332 g/mol. The molecule has 0 aliphatic heterocycles. The van der Waals surface area contributed by atoms with Gasteiger partial charge in [0, 0.05) is 38.6 Å². The summed E-state index contributed by atoms with van der Waals surface area (Å²) in [5.74, 6) is 0.127. The van der Waals surface area contributed by atoms with Crippen LogP contribution in [0, 0.1) is 27.7 Å². The first-order valence-corrected chi connectivity index (χ1v) is 9.00. The van der Waals surface area contributed by atoms with Crippen LogP contribution in [0.2, 0.25) is 0 Å². The van der Waals surface area contributed by atoms with Crippen molar-refractivity contribution >= 4 is 39.6 Å². The lowest BCUT2D eigenvalue weighted by molar-refractivity contribution is -0.121. The van der Waals surface area contributed by atoms with Crippen molar-refractivity contribution in [3.63, 3.8) is 0 Å². The lowest BCUT2D eigenvalue weighted by Crippen LogP contribution is -2.18. The predicted molar refractivity (Wildman–Crippen MR) is 94.8 cm³/mol. The number of methoxy groups -OCH3 is 1. The Labute approximate surface area is 139 Å². The van der Waals surface area contributed by atoms with Crippen molar-refractivity contribution in [2.24, 2.45) is 0 Å². The van der Waals surface area contributed by atoms with Crippen LogP contribution in [0.1, 0.15) is 37.1 Å². The van der Waals surface area contributed by atoms with E-state index in [2.05, 4.69) is 39.8 Å². The normalized spacial score (nSPS) is 18.6. The molecule has 1 unspecified atom stereocenters. The summed E-state index contributed by atoms with van der Waals surface area (Å²) in [7, 11) is 1.63. The standard InChI is InChI=1S/C18H20O2S2/c1-9-6-13(11(3)21-9)15-8-16(20-5)18(19)17(15)14-7-10(2)22-12(14)4/h6-7,16H,8H2,1-5H3. The van der Waals surface area contributed by atoms with Crippen LogP contribution in [0.15, 0.2) is 12.1 Å². The molecule has 0 N–H and O–H groups in total. The Kier molecular flexibility index (Phi) is 4.10. The highest BCUT2D eigenvalue weighted by Crippen LogP contribution is 2.43. The summed E-state index contributed by atoms with van der Waals surface area (Å²) >= 11 is 3.54. The zero-order chi connectivity index (χ0) is 16.0. The topological polar surface area (TPSA) is 26.3 Å². The molecule has 2 heterocycles. The third kappa shape index (κ3) is 2.49. The van der Waals surface area contributed by atoms with Gasteiger partial charge in [0.05, 0.1) is 0 Å². The Morgan fingerprint density at radius 3 is 2.00 bits per heavy atom. The highest BCUT2D eigenvalue weighted by molar-refractivity contribution is 7.12. The minimum absolute atomic E-state index is 0.127. The number of carbonyl (C=O) groups excluding carboxylic acids is 1. The van der Waals surface area contributed by atoms with Gasteiger partial charge < -0.3 is 4.74 Å². The highest BCUT2D eigenvalue weighted by Gasteiger charge is 2.36. The summed E-state index contributed by atoms with van der Waals surface area (Å²) in [6, 6.07) is 4.34. The maximum Gasteiger partial charge on any atom is 0.192 e. The second-order valence-corrected chi connectivity index (χ2v) is 8.72. The summed E-state index contributed by atoms with van der Waals surface area (Å²) in [5.41, 5.74) is 4.33. The van der Waals surface area contributed by atoms with E-state index in [0.29, 0.717) is 6.42 Å². The van der Waals surface area contributed by atoms with E-state index in [-0.39, 0.29) is 11.9 Å². The van der Waals surface area contributed by atoms with Crippen LogP contribution >= 0.6 is 22.7 Å². The number of hydrogen-bond acceptors (Lipinski definition) is 4. The molecule has 3 rings (SSSR count). The molecule has 0 saturated carbocycles. The minimum atomic E-state index is -0.343. The molecule has 22 heavy (non-hydrogen) atoms. The number of carbonyl (C=O) groups is 1.